The first-order valence-electron chi connectivity index (χ1n) is 4.66. The van der Waals surface area contributed by atoms with Gasteiger partial charge in [0.15, 0.2) is 0 Å². The summed E-state index contributed by atoms with van der Waals surface area (Å²) in [6.07, 6.45) is 7.02. The second kappa shape index (κ2) is 6.74. The van der Waals surface area contributed by atoms with Crippen molar-refractivity contribution in [1.29, 1.82) is 0 Å². The van der Waals surface area contributed by atoms with Crippen molar-refractivity contribution in [2.75, 3.05) is 25.4 Å². The molecule has 84 valence electrons. The third kappa shape index (κ3) is 3.34. The van der Waals surface area contributed by atoms with Gasteiger partial charge in [-0.2, -0.15) is 0 Å². The van der Waals surface area contributed by atoms with E-state index in [-0.39, 0.29) is 6.61 Å². The first-order chi connectivity index (χ1) is 7.26. The van der Waals surface area contributed by atoms with Gasteiger partial charge < -0.3 is 5.11 Å². The maximum atomic E-state index is 9.06. The van der Waals surface area contributed by atoms with Crippen molar-refractivity contribution < 1.29 is 5.11 Å². The van der Waals surface area contributed by atoms with Crippen molar-refractivity contribution in [3.05, 3.63) is 17.7 Å². The summed E-state index contributed by atoms with van der Waals surface area (Å²) in [5, 5.41) is 9.06. The maximum Gasteiger partial charge on any atom is 0.0472 e. The van der Waals surface area contributed by atoms with Crippen LogP contribution in [0.5, 0.6) is 0 Å². The minimum Gasteiger partial charge on any atom is -0.396 e. The van der Waals surface area contributed by atoms with Crippen molar-refractivity contribution >= 4 is 35.3 Å². The molecule has 0 fully saturated rings. The van der Waals surface area contributed by atoms with E-state index in [1.807, 2.05) is 0 Å². The molecule has 0 aliphatic rings. The molecule has 1 N–H and O–H groups in total. The van der Waals surface area contributed by atoms with Gasteiger partial charge in [-0.25, -0.2) is 0 Å². The van der Waals surface area contributed by atoms with E-state index in [2.05, 4.69) is 30.9 Å². The van der Waals surface area contributed by atoms with Crippen molar-refractivity contribution in [2.45, 2.75) is 21.1 Å². The summed E-state index contributed by atoms with van der Waals surface area (Å²) >= 11 is 5.28. The molecule has 1 nitrogen and oxygen atoms in total. The summed E-state index contributed by atoms with van der Waals surface area (Å²) in [5.41, 5.74) is 1.29. The molecule has 0 aliphatic carbocycles. The molecular formula is C11H16OS3. The second-order valence-corrected chi connectivity index (χ2v) is 5.56. The van der Waals surface area contributed by atoms with Crippen molar-refractivity contribution in [2.24, 2.45) is 0 Å². The average molecular weight is 260 g/mol. The predicted molar refractivity (Wildman–Crippen MR) is 72.6 cm³/mol. The molecule has 0 spiro atoms. The number of hydrogen-bond acceptors (Lipinski definition) is 4. The van der Waals surface area contributed by atoms with Gasteiger partial charge >= 0.3 is 0 Å². The molecule has 0 saturated heterocycles. The number of aliphatic hydroxyl groups is 1. The van der Waals surface area contributed by atoms with E-state index in [1.54, 1.807) is 35.3 Å². The van der Waals surface area contributed by atoms with Gasteiger partial charge in [0, 0.05) is 21.3 Å². The van der Waals surface area contributed by atoms with E-state index in [1.165, 1.54) is 20.2 Å². The zero-order valence-electron chi connectivity index (χ0n) is 9.24. The van der Waals surface area contributed by atoms with Crippen LogP contribution < -0.4 is 0 Å². The highest BCUT2D eigenvalue weighted by atomic mass is 32.2. The molecule has 0 heterocycles. The number of benzene rings is 1. The van der Waals surface area contributed by atoms with Crippen LogP contribution in [-0.4, -0.2) is 30.5 Å². The molecule has 1 aromatic carbocycles. The maximum absolute atomic E-state index is 9.06. The molecule has 4 heteroatoms. The Balaban J connectivity index is 3.19. The molecule has 0 unspecified atom stereocenters. The molecule has 0 amide bonds. The lowest BCUT2D eigenvalue weighted by molar-refractivity contribution is 0.298. The topological polar surface area (TPSA) is 20.2 Å². The summed E-state index contributed by atoms with van der Waals surface area (Å²) < 4.78 is 0. The van der Waals surface area contributed by atoms with Gasteiger partial charge in [-0.15, -0.1) is 35.3 Å². The van der Waals surface area contributed by atoms with Crippen LogP contribution in [0.15, 0.2) is 26.8 Å². The molecule has 0 aromatic heterocycles. The zero-order chi connectivity index (χ0) is 11.3. The van der Waals surface area contributed by atoms with E-state index in [0.29, 0.717) is 0 Å². The SMILES string of the molecule is CSc1cc(SC)c(CCO)c(SC)c1. The molecule has 0 bridgehead atoms. The summed E-state index contributed by atoms with van der Waals surface area (Å²) in [4.78, 5) is 3.88. The largest absolute Gasteiger partial charge is 0.396 e. The van der Waals surface area contributed by atoms with E-state index < -0.39 is 0 Å². The molecular weight excluding hydrogens is 244 g/mol. The van der Waals surface area contributed by atoms with Gasteiger partial charge in [-0.1, -0.05) is 0 Å². The lowest BCUT2D eigenvalue weighted by Gasteiger charge is -2.13. The van der Waals surface area contributed by atoms with E-state index >= 15 is 0 Å². The van der Waals surface area contributed by atoms with Gasteiger partial charge in [0.2, 0.25) is 0 Å². The highest BCUT2D eigenvalue weighted by molar-refractivity contribution is 8.00. The summed E-state index contributed by atoms with van der Waals surface area (Å²) in [5.74, 6) is 0. The van der Waals surface area contributed by atoms with Crippen LogP contribution in [0.2, 0.25) is 0 Å². The molecule has 0 radical (unpaired) electrons. The standard InChI is InChI=1S/C11H16OS3/c1-13-8-6-10(14-2)9(4-5-12)11(7-8)15-3/h6-7,12H,4-5H2,1-3H3. The fourth-order valence-electron chi connectivity index (χ4n) is 1.44. The summed E-state index contributed by atoms with van der Waals surface area (Å²) in [6, 6.07) is 4.42. The lowest BCUT2D eigenvalue weighted by Crippen LogP contribution is -1.96. The summed E-state index contributed by atoms with van der Waals surface area (Å²) in [7, 11) is 0. The third-order valence-electron chi connectivity index (χ3n) is 2.18. The lowest BCUT2D eigenvalue weighted by atomic mass is 10.1. The van der Waals surface area contributed by atoms with Crippen LogP contribution in [0.1, 0.15) is 5.56 Å². The first-order valence-corrected chi connectivity index (χ1v) is 8.34. The number of rotatable bonds is 5. The predicted octanol–water partition coefficient (Wildman–Crippen LogP) is 3.39. The molecule has 0 saturated carbocycles. The number of hydrogen-bond donors (Lipinski definition) is 1. The Hall–Kier alpha value is 0.230. The van der Waals surface area contributed by atoms with Gasteiger partial charge in [-0.05, 0) is 42.9 Å². The Morgan fingerprint density at radius 2 is 1.53 bits per heavy atom. The van der Waals surface area contributed by atoms with Crippen LogP contribution in [0.4, 0.5) is 0 Å². The Bertz CT molecular complexity index is 301. The van der Waals surface area contributed by atoms with Gasteiger partial charge in [-0.3, -0.25) is 0 Å². The molecule has 0 aliphatic heterocycles. The first kappa shape index (κ1) is 13.3. The molecule has 1 rings (SSSR count). The fourth-order valence-corrected chi connectivity index (χ4v) is 3.53. The van der Waals surface area contributed by atoms with Crippen molar-refractivity contribution in [3.63, 3.8) is 0 Å². The van der Waals surface area contributed by atoms with E-state index in [0.717, 1.165) is 6.42 Å². The van der Waals surface area contributed by atoms with E-state index in [4.69, 9.17) is 5.11 Å². The Labute approximate surface area is 104 Å². The zero-order valence-corrected chi connectivity index (χ0v) is 11.7. The molecule has 15 heavy (non-hydrogen) atoms. The average Bonchev–Trinajstić information content (AvgIpc) is 2.29. The quantitative estimate of drug-likeness (QED) is 0.819. The van der Waals surface area contributed by atoms with Crippen LogP contribution in [0.3, 0.4) is 0 Å². The Morgan fingerprint density at radius 1 is 1.00 bits per heavy atom. The van der Waals surface area contributed by atoms with Crippen LogP contribution in [0, 0.1) is 0 Å². The second-order valence-electron chi connectivity index (χ2n) is 2.98. The Kier molecular flexibility index (Phi) is 5.97. The van der Waals surface area contributed by atoms with Gasteiger partial charge in [0.25, 0.3) is 0 Å². The van der Waals surface area contributed by atoms with Gasteiger partial charge in [0.05, 0.1) is 0 Å². The van der Waals surface area contributed by atoms with E-state index in [9.17, 15) is 0 Å². The minimum atomic E-state index is 0.222. The monoisotopic (exact) mass is 260 g/mol. The molecule has 1 aromatic rings. The van der Waals surface area contributed by atoms with Crippen molar-refractivity contribution in [1.82, 2.24) is 0 Å². The smallest absolute Gasteiger partial charge is 0.0472 e. The normalized spacial score (nSPS) is 10.7. The minimum absolute atomic E-state index is 0.222. The van der Waals surface area contributed by atoms with Crippen LogP contribution in [0.25, 0.3) is 0 Å². The van der Waals surface area contributed by atoms with Crippen LogP contribution >= 0.6 is 35.3 Å². The summed E-state index contributed by atoms with van der Waals surface area (Å²) in [6.45, 7) is 0.222. The number of aliphatic hydroxyl groups excluding tert-OH is 1. The highest BCUT2D eigenvalue weighted by Crippen LogP contribution is 2.34. The molecule has 0 atom stereocenters. The Morgan fingerprint density at radius 3 is 1.87 bits per heavy atom. The van der Waals surface area contributed by atoms with Crippen LogP contribution in [-0.2, 0) is 6.42 Å². The van der Waals surface area contributed by atoms with Crippen molar-refractivity contribution in [3.8, 4) is 0 Å². The third-order valence-corrected chi connectivity index (χ3v) is 4.49. The highest BCUT2D eigenvalue weighted by Gasteiger charge is 2.09. The van der Waals surface area contributed by atoms with Gasteiger partial charge in [0.1, 0.15) is 0 Å². The fraction of sp³-hybridized carbons (Fsp3) is 0.455. The number of thioether (sulfide) groups is 3.